The van der Waals surface area contributed by atoms with E-state index in [2.05, 4.69) is 6.92 Å². The van der Waals surface area contributed by atoms with Crippen LogP contribution in [-0.4, -0.2) is 12.7 Å². The molecule has 10 heteroatoms. The summed E-state index contributed by atoms with van der Waals surface area (Å²) in [5.41, 5.74) is -1.82. The molecule has 0 aromatic heterocycles. The molecule has 0 radical (unpaired) electrons. The van der Waals surface area contributed by atoms with Crippen molar-refractivity contribution < 1.29 is 44.6 Å². The molecule has 1 aliphatic rings. The summed E-state index contributed by atoms with van der Waals surface area (Å²) >= 11 is 0. The average Bonchev–Trinajstić information content (AvgIpc) is 2.96. The highest BCUT2D eigenvalue weighted by molar-refractivity contribution is 5.64. The lowest BCUT2D eigenvalue weighted by atomic mass is 9.80. The number of hydrogen-bond donors (Lipinski definition) is 0. The van der Waals surface area contributed by atoms with Crippen molar-refractivity contribution in [1.29, 1.82) is 0 Å². The quantitative estimate of drug-likeness (QED) is 0.208. The summed E-state index contributed by atoms with van der Waals surface area (Å²) in [6, 6.07) is 14.1. The Bertz CT molecular complexity index is 1390. The first-order valence-electron chi connectivity index (χ1n) is 14.8. The van der Waals surface area contributed by atoms with Gasteiger partial charge >= 0.3 is 18.5 Å². The smallest absolute Gasteiger partial charge is 0.420 e. The second-order valence-corrected chi connectivity index (χ2v) is 11.4. The Morgan fingerprint density at radius 1 is 0.705 bits per heavy atom. The zero-order valence-corrected chi connectivity index (χ0v) is 24.8. The summed E-state index contributed by atoms with van der Waals surface area (Å²) in [6.45, 7) is 4.60. The molecule has 0 saturated heterocycles. The van der Waals surface area contributed by atoms with E-state index in [-0.39, 0.29) is 30.8 Å². The van der Waals surface area contributed by atoms with Crippen molar-refractivity contribution in [2.45, 2.75) is 84.2 Å². The number of rotatable bonds is 10. The topological polar surface area (TPSA) is 18.5 Å². The predicted octanol–water partition coefficient (Wildman–Crippen LogP) is 11.1. The van der Waals surface area contributed by atoms with Gasteiger partial charge in [-0.25, -0.2) is 0 Å². The average molecular weight is 629 g/mol. The Labute approximate surface area is 252 Å². The molecular formula is C34H36F8O2. The maximum Gasteiger partial charge on any atom is 0.420 e. The van der Waals surface area contributed by atoms with Crippen LogP contribution < -0.4 is 9.47 Å². The number of ether oxygens (including phenoxy) is 2. The number of aryl methyl sites for hydroxylation is 2. The second kappa shape index (κ2) is 13.4. The third-order valence-electron chi connectivity index (χ3n) is 8.45. The van der Waals surface area contributed by atoms with Crippen LogP contribution >= 0.6 is 0 Å². The normalized spacial score (nSPS) is 17.9. The Hall–Kier alpha value is -3.30. The van der Waals surface area contributed by atoms with Gasteiger partial charge in [-0.3, -0.25) is 0 Å². The zero-order chi connectivity index (χ0) is 32.3. The van der Waals surface area contributed by atoms with E-state index in [0.717, 1.165) is 30.9 Å². The summed E-state index contributed by atoms with van der Waals surface area (Å²) in [6.07, 6.45) is -10.6. The molecule has 0 unspecified atom stereocenters. The third kappa shape index (κ3) is 7.85. The molecule has 44 heavy (non-hydrogen) atoms. The molecule has 240 valence electrons. The molecule has 0 heterocycles. The van der Waals surface area contributed by atoms with E-state index in [1.165, 1.54) is 26.0 Å². The minimum Gasteiger partial charge on any atom is -0.493 e. The van der Waals surface area contributed by atoms with Gasteiger partial charge in [-0.2, -0.15) is 35.1 Å². The van der Waals surface area contributed by atoms with Crippen molar-refractivity contribution in [2.24, 2.45) is 11.8 Å². The van der Waals surface area contributed by atoms with Gasteiger partial charge < -0.3 is 9.47 Å². The molecule has 2 nitrogen and oxygen atoms in total. The number of benzene rings is 3. The van der Waals surface area contributed by atoms with Gasteiger partial charge in [0.05, 0.1) is 18.1 Å². The largest absolute Gasteiger partial charge is 0.493 e. The molecule has 0 bridgehead atoms. The SMILES string of the molecule is CCOc1cc(C)c(CCc2ccc(-c3ccc(OC(F)(F)C4CCC(CC)CC4)cc3)cc2)c(C(F)(F)F)c1C(F)(F)F. The van der Waals surface area contributed by atoms with Crippen molar-refractivity contribution >= 4 is 0 Å². The summed E-state index contributed by atoms with van der Waals surface area (Å²) in [5.74, 6) is -1.12. The van der Waals surface area contributed by atoms with Gasteiger partial charge in [0, 0.05) is 0 Å². The molecule has 1 fully saturated rings. The highest BCUT2D eigenvalue weighted by atomic mass is 19.4. The van der Waals surface area contributed by atoms with Gasteiger partial charge in [0.15, 0.2) is 0 Å². The Morgan fingerprint density at radius 3 is 1.75 bits per heavy atom. The molecule has 1 saturated carbocycles. The molecular weight excluding hydrogens is 592 g/mol. The number of halogens is 8. The molecule has 4 rings (SSSR count). The first-order valence-corrected chi connectivity index (χ1v) is 14.8. The molecule has 0 atom stereocenters. The summed E-state index contributed by atoms with van der Waals surface area (Å²) < 4.78 is 123. The van der Waals surface area contributed by atoms with Crippen molar-refractivity contribution in [3.63, 3.8) is 0 Å². The summed E-state index contributed by atoms with van der Waals surface area (Å²) in [4.78, 5) is 0. The van der Waals surface area contributed by atoms with Crippen LogP contribution in [0.3, 0.4) is 0 Å². The Balaban J connectivity index is 1.47. The predicted molar refractivity (Wildman–Crippen MR) is 153 cm³/mol. The van der Waals surface area contributed by atoms with E-state index in [9.17, 15) is 35.1 Å². The molecule has 0 aliphatic heterocycles. The fourth-order valence-corrected chi connectivity index (χ4v) is 6.01. The molecule has 0 spiro atoms. The third-order valence-corrected chi connectivity index (χ3v) is 8.45. The van der Waals surface area contributed by atoms with Crippen LogP contribution in [-0.2, 0) is 25.2 Å². The van der Waals surface area contributed by atoms with E-state index < -0.39 is 46.8 Å². The maximum absolute atomic E-state index is 14.8. The summed E-state index contributed by atoms with van der Waals surface area (Å²) in [5, 5.41) is 0. The fourth-order valence-electron chi connectivity index (χ4n) is 6.01. The van der Waals surface area contributed by atoms with E-state index in [4.69, 9.17) is 9.47 Å². The highest BCUT2D eigenvalue weighted by Gasteiger charge is 2.48. The van der Waals surface area contributed by atoms with Gasteiger partial charge in [-0.05, 0) is 104 Å². The van der Waals surface area contributed by atoms with Crippen molar-refractivity contribution in [3.8, 4) is 22.6 Å². The van der Waals surface area contributed by atoms with Crippen LogP contribution in [0.2, 0.25) is 0 Å². The van der Waals surface area contributed by atoms with Crippen LogP contribution in [0.15, 0.2) is 54.6 Å². The van der Waals surface area contributed by atoms with E-state index in [0.29, 0.717) is 29.9 Å². The van der Waals surface area contributed by atoms with Crippen LogP contribution in [0.25, 0.3) is 11.1 Å². The van der Waals surface area contributed by atoms with E-state index in [1.807, 2.05) is 0 Å². The van der Waals surface area contributed by atoms with E-state index >= 15 is 0 Å². The van der Waals surface area contributed by atoms with Crippen molar-refractivity contribution in [2.75, 3.05) is 6.61 Å². The lowest BCUT2D eigenvalue weighted by Gasteiger charge is -2.33. The fraction of sp³-hybridized carbons (Fsp3) is 0.471. The van der Waals surface area contributed by atoms with E-state index in [1.54, 1.807) is 36.4 Å². The first kappa shape index (κ1) is 33.6. The highest BCUT2D eigenvalue weighted by Crippen LogP contribution is 2.48. The van der Waals surface area contributed by atoms with Gasteiger partial charge in [-0.1, -0.05) is 49.7 Å². The van der Waals surface area contributed by atoms with Gasteiger partial charge in [0.2, 0.25) is 0 Å². The van der Waals surface area contributed by atoms with Crippen molar-refractivity contribution in [3.05, 3.63) is 82.4 Å². The van der Waals surface area contributed by atoms with Crippen LogP contribution in [0.4, 0.5) is 35.1 Å². The zero-order valence-electron chi connectivity index (χ0n) is 24.8. The Kier molecular flexibility index (Phi) is 10.2. The van der Waals surface area contributed by atoms with Gasteiger partial charge in [0.1, 0.15) is 17.1 Å². The van der Waals surface area contributed by atoms with Gasteiger partial charge in [-0.15, -0.1) is 0 Å². The minimum atomic E-state index is -5.26. The number of hydrogen-bond acceptors (Lipinski definition) is 2. The molecule has 3 aromatic carbocycles. The molecule has 1 aliphatic carbocycles. The number of alkyl halides is 8. The molecule has 3 aromatic rings. The minimum absolute atomic E-state index is 0.0532. The lowest BCUT2D eigenvalue weighted by Crippen LogP contribution is -2.37. The second-order valence-electron chi connectivity index (χ2n) is 11.4. The standard InChI is InChI=1S/C34H36F8O2/c1-4-22-8-15-26(16-9-22)34(41,42)44-27-17-13-25(14-18-27)24-11-6-23(7-12-24)10-19-28-21(3)20-29(43-5-2)31(33(38,39)40)30(28)32(35,36)37/h6-7,11-14,17-18,20,22,26H,4-5,8-10,15-16,19H2,1-3H3. The molecule has 0 N–H and O–H groups in total. The molecule has 0 amide bonds. The first-order chi connectivity index (χ1) is 20.6. The maximum atomic E-state index is 14.8. The van der Waals surface area contributed by atoms with Crippen LogP contribution in [0.5, 0.6) is 11.5 Å². The van der Waals surface area contributed by atoms with Gasteiger partial charge in [0.25, 0.3) is 0 Å². The lowest BCUT2D eigenvalue weighted by molar-refractivity contribution is -0.223. The summed E-state index contributed by atoms with van der Waals surface area (Å²) in [7, 11) is 0. The monoisotopic (exact) mass is 628 g/mol. The Morgan fingerprint density at radius 2 is 1.25 bits per heavy atom. The van der Waals surface area contributed by atoms with Crippen LogP contribution in [0.1, 0.15) is 73.8 Å². The van der Waals surface area contributed by atoms with Crippen molar-refractivity contribution in [1.82, 2.24) is 0 Å². The van der Waals surface area contributed by atoms with Crippen LogP contribution in [0, 0.1) is 18.8 Å².